The highest BCUT2D eigenvalue weighted by atomic mass is 19.4. The lowest BCUT2D eigenvalue weighted by molar-refractivity contribution is -0.671. The molecule has 0 radical (unpaired) electrons. The van der Waals surface area contributed by atoms with Gasteiger partial charge in [-0.1, -0.05) is 12.1 Å². The number of ether oxygens (including phenoxy) is 1. The summed E-state index contributed by atoms with van der Waals surface area (Å²) in [6.07, 6.45) is -4.25. The Balaban J connectivity index is 2.46. The van der Waals surface area contributed by atoms with E-state index >= 15 is 0 Å². The fourth-order valence-electron chi connectivity index (χ4n) is 1.30. The largest absolute Gasteiger partial charge is 0.416 e. The Kier molecular flexibility index (Phi) is 4.76. The molecule has 0 aliphatic heterocycles. The highest BCUT2D eigenvalue weighted by Crippen LogP contribution is 2.28. The van der Waals surface area contributed by atoms with Gasteiger partial charge in [0.1, 0.15) is 6.54 Å². The first-order valence-corrected chi connectivity index (χ1v) is 5.01. The first-order chi connectivity index (χ1) is 7.54. The van der Waals surface area contributed by atoms with Crippen molar-refractivity contribution in [2.45, 2.75) is 12.7 Å². The number of hydrogen-bond acceptors (Lipinski definition) is 1. The van der Waals surface area contributed by atoms with E-state index in [0.717, 1.165) is 24.2 Å². The molecule has 0 amide bonds. The molecule has 0 heterocycles. The molecule has 16 heavy (non-hydrogen) atoms. The van der Waals surface area contributed by atoms with Crippen molar-refractivity contribution in [1.29, 1.82) is 0 Å². The highest BCUT2D eigenvalue weighted by Gasteiger charge is 2.29. The third-order valence-electron chi connectivity index (χ3n) is 2.19. The van der Waals surface area contributed by atoms with Crippen LogP contribution in [-0.4, -0.2) is 20.3 Å². The van der Waals surface area contributed by atoms with Gasteiger partial charge in [-0.2, -0.15) is 13.2 Å². The number of hydrogen-bond donors (Lipinski definition) is 1. The van der Waals surface area contributed by atoms with Crippen LogP contribution in [0.15, 0.2) is 24.3 Å². The average Bonchev–Trinajstić information content (AvgIpc) is 2.24. The molecule has 0 aromatic heterocycles. The molecule has 0 saturated heterocycles. The maximum atomic E-state index is 12.2. The van der Waals surface area contributed by atoms with E-state index in [9.17, 15) is 13.2 Å². The maximum Gasteiger partial charge on any atom is 0.416 e. The molecule has 90 valence electrons. The maximum absolute atomic E-state index is 12.2. The SMILES string of the molecule is COCC[NH2+]Cc1ccc(C(F)(F)F)cc1. The summed E-state index contributed by atoms with van der Waals surface area (Å²) in [5.74, 6) is 0. The predicted octanol–water partition coefficient (Wildman–Crippen LogP) is 1.42. The number of rotatable bonds is 5. The van der Waals surface area contributed by atoms with Crippen molar-refractivity contribution in [3.8, 4) is 0 Å². The van der Waals surface area contributed by atoms with Crippen molar-refractivity contribution >= 4 is 0 Å². The quantitative estimate of drug-likeness (QED) is 0.766. The lowest BCUT2D eigenvalue weighted by atomic mass is 10.1. The van der Waals surface area contributed by atoms with Crippen molar-refractivity contribution < 1.29 is 23.2 Å². The zero-order valence-corrected chi connectivity index (χ0v) is 9.05. The fourth-order valence-corrected chi connectivity index (χ4v) is 1.30. The van der Waals surface area contributed by atoms with Crippen LogP contribution in [0, 0.1) is 0 Å². The first-order valence-electron chi connectivity index (χ1n) is 5.01. The number of quaternary nitrogens is 1. The summed E-state index contributed by atoms with van der Waals surface area (Å²) >= 11 is 0. The van der Waals surface area contributed by atoms with Crippen LogP contribution >= 0.6 is 0 Å². The van der Waals surface area contributed by atoms with Gasteiger partial charge >= 0.3 is 6.18 Å². The summed E-state index contributed by atoms with van der Waals surface area (Å²) < 4.78 is 41.6. The van der Waals surface area contributed by atoms with Crippen LogP contribution in [0.4, 0.5) is 13.2 Å². The van der Waals surface area contributed by atoms with E-state index in [1.54, 1.807) is 7.11 Å². The molecule has 1 aromatic carbocycles. The summed E-state index contributed by atoms with van der Waals surface area (Å²) in [6, 6.07) is 5.23. The Morgan fingerprint density at radius 1 is 1.19 bits per heavy atom. The normalized spacial score (nSPS) is 11.8. The van der Waals surface area contributed by atoms with Gasteiger partial charge < -0.3 is 10.1 Å². The fraction of sp³-hybridized carbons (Fsp3) is 0.455. The molecule has 0 unspecified atom stereocenters. The van der Waals surface area contributed by atoms with Gasteiger partial charge in [0.05, 0.1) is 18.7 Å². The van der Waals surface area contributed by atoms with Crippen LogP contribution in [0.5, 0.6) is 0 Å². The minimum absolute atomic E-state index is 0.604. The molecule has 2 nitrogen and oxygen atoms in total. The van der Waals surface area contributed by atoms with Crippen LogP contribution < -0.4 is 5.32 Å². The summed E-state index contributed by atoms with van der Waals surface area (Å²) in [7, 11) is 1.62. The van der Waals surface area contributed by atoms with Gasteiger partial charge in [-0.25, -0.2) is 0 Å². The molecule has 1 aromatic rings. The summed E-state index contributed by atoms with van der Waals surface area (Å²) in [5.41, 5.74) is 0.275. The number of nitrogens with two attached hydrogens (primary N) is 1. The summed E-state index contributed by atoms with van der Waals surface area (Å²) in [6.45, 7) is 2.11. The second-order valence-corrected chi connectivity index (χ2v) is 3.47. The third kappa shape index (κ3) is 4.20. The predicted molar refractivity (Wildman–Crippen MR) is 53.8 cm³/mol. The summed E-state index contributed by atoms with van der Waals surface area (Å²) in [5, 5.41) is 1.99. The Bertz CT molecular complexity index is 308. The monoisotopic (exact) mass is 234 g/mol. The molecule has 0 atom stereocenters. The van der Waals surface area contributed by atoms with Gasteiger partial charge in [0.25, 0.3) is 0 Å². The van der Waals surface area contributed by atoms with Gasteiger partial charge in [-0.05, 0) is 12.1 Å². The second kappa shape index (κ2) is 5.86. The van der Waals surface area contributed by atoms with E-state index in [1.807, 2.05) is 5.32 Å². The van der Waals surface area contributed by atoms with Crippen LogP contribution in [0.25, 0.3) is 0 Å². The van der Waals surface area contributed by atoms with Gasteiger partial charge in [0.2, 0.25) is 0 Å². The zero-order valence-electron chi connectivity index (χ0n) is 9.05. The molecular formula is C11H15F3NO+. The molecular weight excluding hydrogens is 219 g/mol. The van der Waals surface area contributed by atoms with E-state index in [2.05, 4.69) is 0 Å². The Hall–Kier alpha value is -1.07. The van der Waals surface area contributed by atoms with Crippen molar-refractivity contribution in [3.05, 3.63) is 35.4 Å². The number of halogens is 3. The molecule has 1 rings (SSSR count). The first kappa shape index (κ1) is 13.0. The molecule has 5 heteroatoms. The topological polar surface area (TPSA) is 25.8 Å². The van der Waals surface area contributed by atoms with E-state index in [4.69, 9.17) is 4.74 Å². The van der Waals surface area contributed by atoms with Crippen molar-refractivity contribution in [1.82, 2.24) is 0 Å². The Morgan fingerprint density at radius 3 is 2.31 bits per heavy atom. The van der Waals surface area contributed by atoms with E-state index in [-0.39, 0.29) is 0 Å². The molecule has 0 spiro atoms. The van der Waals surface area contributed by atoms with Crippen LogP contribution in [0.2, 0.25) is 0 Å². The number of alkyl halides is 3. The minimum Gasteiger partial charge on any atom is -0.379 e. The molecule has 0 aliphatic carbocycles. The molecule has 0 fully saturated rings. The average molecular weight is 234 g/mol. The van der Waals surface area contributed by atoms with Gasteiger partial charge in [0.15, 0.2) is 0 Å². The van der Waals surface area contributed by atoms with Crippen molar-refractivity contribution in [2.24, 2.45) is 0 Å². The smallest absolute Gasteiger partial charge is 0.379 e. The van der Waals surface area contributed by atoms with E-state index < -0.39 is 11.7 Å². The number of methoxy groups -OCH3 is 1. The van der Waals surface area contributed by atoms with Gasteiger partial charge in [-0.15, -0.1) is 0 Å². The second-order valence-electron chi connectivity index (χ2n) is 3.47. The molecule has 0 saturated carbocycles. The van der Waals surface area contributed by atoms with Crippen LogP contribution in [0.3, 0.4) is 0 Å². The third-order valence-corrected chi connectivity index (χ3v) is 2.19. The van der Waals surface area contributed by atoms with Crippen molar-refractivity contribution in [2.75, 3.05) is 20.3 Å². The zero-order chi connectivity index (χ0) is 12.0. The Labute approximate surface area is 92.4 Å². The molecule has 0 bridgehead atoms. The molecule has 2 N–H and O–H groups in total. The van der Waals surface area contributed by atoms with Crippen molar-refractivity contribution in [3.63, 3.8) is 0 Å². The summed E-state index contributed by atoms with van der Waals surface area (Å²) in [4.78, 5) is 0. The van der Waals surface area contributed by atoms with Crippen LogP contribution in [0.1, 0.15) is 11.1 Å². The van der Waals surface area contributed by atoms with E-state index in [0.29, 0.717) is 13.2 Å². The molecule has 0 aliphatic rings. The number of benzene rings is 1. The van der Waals surface area contributed by atoms with Gasteiger partial charge in [0, 0.05) is 12.7 Å². The highest BCUT2D eigenvalue weighted by molar-refractivity contribution is 5.23. The van der Waals surface area contributed by atoms with E-state index in [1.165, 1.54) is 12.1 Å². The lowest BCUT2D eigenvalue weighted by Gasteiger charge is -2.07. The Morgan fingerprint density at radius 2 is 1.81 bits per heavy atom. The van der Waals surface area contributed by atoms with Crippen LogP contribution in [-0.2, 0) is 17.5 Å². The lowest BCUT2D eigenvalue weighted by Crippen LogP contribution is -2.83. The van der Waals surface area contributed by atoms with Gasteiger partial charge in [-0.3, -0.25) is 0 Å². The minimum atomic E-state index is -4.25. The standard InChI is InChI=1S/C11H14F3NO/c1-16-7-6-15-8-9-2-4-10(5-3-9)11(12,13)14/h2-5,15H,6-8H2,1H3/p+1.